The molecule has 3 heterocycles. The number of halogens is 3. The maximum absolute atomic E-state index is 13.6. The molecule has 2 unspecified atom stereocenters. The van der Waals surface area contributed by atoms with Crippen molar-refractivity contribution in [2.24, 2.45) is 0 Å². The second kappa shape index (κ2) is 13.4. The van der Waals surface area contributed by atoms with Crippen molar-refractivity contribution >= 4 is 17.7 Å². The molecule has 208 valence electrons. The number of quaternary nitrogens is 1. The number of hydrogen-bond donors (Lipinski definition) is 2. The SMILES string of the molecule is CCCCCC(CCC)[N+]1(C)CCC=C(Nc2ncc(C(F)(F)F)c(NCCCN3CCCC3=O)n2)C1. The summed E-state index contributed by atoms with van der Waals surface area (Å²) in [5, 5.41) is 6.07. The van der Waals surface area contributed by atoms with Crippen molar-refractivity contribution in [3.8, 4) is 0 Å². The molecule has 0 spiro atoms. The number of nitrogens with one attached hydrogen (secondary N) is 2. The standard InChI is InChI=1S/C27H44F3N6O/c1-4-6-7-13-22(11-5-2)36(3)18-9-12-21(20-36)33-26-32-19-23(27(28,29)30)25(34-26)31-15-10-17-35-16-8-14-24(35)37/h12,19,22H,4-11,13-18,20H2,1-3H3,(H2,31,32,33,34)/q+1. The van der Waals surface area contributed by atoms with Gasteiger partial charge in [0.1, 0.15) is 17.9 Å². The topological polar surface area (TPSA) is 70.2 Å². The number of anilines is 2. The van der Waals surface area contributed by atoms with Crippen molar-refractivity contribution in [2.75, 3.05) is 50.4 Å². The van der Waals surface area contributed by atoms with Crippen LogP contribution in [0, 0.1) is 0 Å². The van der Waals surface area contributed by atoms with Gasteiger partial charge in [-0.2, -0.15) is 18.2 Å². The molecule has 0 aliphatic carbocycles. The third kappa shape index (κ3) is 8.32. The van der Waals surface area contributed by atoms with Crippen LogP contribution >= 0.6 is 0 Å². The molecule has 37 heavy (non-hydrogen) atoms. The lowest BCUT2D eigenvalue weighted by Crippen LogP contribution is -2.55. The van der Waals surface area contributed by atoms with Crippen molar-refractivity contribution < 1.29 is 22.4 Å². The van der Waals surface area contributed by atoms with Gasteiger partial charge in [0.05, 0.1) is 25.3 Å². The van der Waals surface area contributed by atoms with E-state index in [1.54, 1.807) is 4.90 Å². The minimum atomic E-state index is -4.56. The Balaban J connectivity index is 1.66. The molecule has 1 aromatic heterocycles. The first kappa shape index (κ1) is 29.2. The number of likely N-dealkylation sites (tertiary alicyclic amines) is 1. The summed E-state index contributed by atoms with van der Waals surface area (Å²) in [6.45, 7) is 7.83. The Morgan fingerprint density at radius 2 is 1.97 bits per heavy atom. The van der Waals surface area contributed by atoms with Crippen molar-refractivity contribution in [1.82, 2.24) is 14.9 Å². The number of amides is 1. The largest absolute Gasteiger partial charge is 0.421 e. The number of carbonyl (C=O) groups is 1. The molecule has 0 bridgehead atoms. The normalized spacial score (nSPS) is 21.2. The second-order valence-corrected chi connectivity index (χ2v) is 10.7. The van der Waals surface area contributed by atoms with E-state index in [0.717, 1.165) is 55.3 Å². The van der Waals surface area contributed by atoms with Gasteiger partial charge < -0.3 is 20.0 Å². The summed E-state index contributed by atoms with van der Waals surface area (Å²) in [5.41, 5.74) is 0.0797. The summed E-state index contributed by atoms with van der Waals surface area (Å²) < 4.78 is 41.8. The number of unbranched alkanes of at least 4 members (excludes halogenated alkanes) is 2. The van der Waals surface area contributed by atoms with E-state index >= 15 is 0 Å². The van der Waals surface area contributed by atoms with E-state index in [0.29, 0.717) is 25.4 Å². The molecule has 0 radical (unpaired) electrons. The molecule has 1 fully saturated rings. The molecule has 3 rings (SSSR count). The molecule has 1 amide bonds. The molecular weight excluding hydrogens is 481 g/mol. The maximum atomic E-state index is 13.6. The Bertz CT molecular complexity index is 922. The van der Waals surface area contributed by atoms with Crippen LogP contribution in [0.4, 0.5) is 24.9 Å². The number of aromatic nitrogens is 2. The Morgan fingerprint density at radius 3 is 2.65 bits per heavy atom. The highest BCUT2D eigenvalue weighted by Crippen LogP contribution is 2.34. The lowest BCUT2D eigenvalue weighted by molar-refractivity contribution is -0.931. The fourth-order valence-corrected chi connectivity index (χ4v) is 5.54. The third-order valence-corrected chi connectivity index (χ3v) is 7.64. The molecule has 2 atom stereocenters. The number of likely N-dealkylation sites (N-methyl/N-ethyl adjacent to an activating group) is 1. The quantitative estimate of drug-likeness (QED) is 0.237. The summed E-state index contributed by atoms with van der Waals surface area (Å²) in [6, 6.07) is 0.565. The van der Waals surface area contributed by atoms with Crippen LogP contribution in [0.3, 0.4) is 0 Å². The molecule has 2 aliphatic heterocycles. The van der Waals surface area contributed by atoms with Crippen molar-refractivity contribution in [2.45, 2.75) is 90.3 Å². The maximum Gasteiger partial charge on any atom is 0.421 e. The van der Waals surface area contributed by atoms with Gasteiger partial charge in [-0.3, -0.25) is 4.79 Å². The molecule has 0 saturated carbocycles. The van der Waals surface area contributed by atoms with Crippen molar-refractivity contribution in [3.63, 3.8) is 0 Å². The van der Waals surface area contributed by atoms with Crippen LogP contribution in [-0.2, 0) is 11.0 Å². The van der Waals surface area contributed by atoms with Gasteiger partial charge in [0.25, 0.3) is 0 Å². The number of carbonyl (C=O) groups excluding carboxylic acids is 1. The molecule has 1 aromatic rings. The molecule has 1 saturated heterocycles. The summed E-state index contributed by atoms with van der Waals surface area (Å²) in [4.78, 5) is 21.8. The van der Waals surface area contributed by atoms with E-state index in [2.05, 4.69) is 47.6 Å². The summed E-state index contributed by atoms with van der Waals surface area (Å²) in [6.07, 6.45) is 8.44. The molecule has 10 heteroatoms. The lowest BCUT2D eigenvalue weighted by atomic mass is 9.97. The summed E-state index contributed by atoms with van der Waals surface area (Å²) >= 11 is 0. The van der Waals surface area contributed by atoms with E-state index in [9.17, 15) is 18.0 Å². The molecule has 2 N–H and O–H groups in total. The van der Waals surface area contributed by atoms with E-state index < -0.39 is 11.7 Å². The highest BCUT2D eigenvalue weighted by atomic mass is 19.4. The Hall–Kier alpha value is -2.36. The first-order valence-corrected chi connectivity index (χ1v) is 13.9. The fourth-order valence-electron chi connectivity index (χ4n) is 5.54. The number of rotatable bonds is 14. The van der Waals surface area contributed by atoms with Crippen LogP contribution in [0.5, 0.6) is 0 Å². The Morgan fingerprint density at radius 1 is 1.16 bits per heavy atom. The van der Waals surface area contributed by atoms with E-state index in [4.69, 9.17) is 0 Å². The number of alkyl halides is 3. The number of hydrogen-bond acceptors (Lipinski definition) is 5. The van der Waals surface area contributed by atoms with Crippen molar-refractivity contribution in [1.29, 1.82) is 0 Å². The van der Waals surface area contributed by atoms with Gasteiger partial charge in [-0.1, -0.05) is 39.2 Å². The zero-order chi connectivity index (χ0) is 26.9. The van der Waals surface area contributed by atoms with Gasteiger partial charge in [-0.05, 0) is 32.1 Å². The average molecular weight is 526 g/mol. The molecule has 2 aliphatic rings. The van der Waals surface area contributed by atoms with Crippen LogP contribution in [0.25, 0.3) is 0 Å². The van der Waals surface area contributed by atoms with Gasteiger partial charge in [-0.25, -0.2) is 4.98 Å². The van der Waals surface area contributed by atoms with Crippen LogP contribution in [-0.4, -0.2) is 71.1 Å². The van der Waals surface area contributed by atoms with Crippen LogP contribution in [0.1, 0.15) is 83.6 Å². The fraction of sp³-hybridized carbons (Fsp3) is 0.741. The van der Waals surface area contributed by atoms with Gasteiger partial charge in [0, 0.05) is 38.7 Å². The summed E-state index contributed by atoms with van der Waals surface area (Å²) in [5.74, 6) is 0.0555. The minimum Gasteiger partial charge on any atom is -0.369 e. The van der Waals surface area contributed by atoms with Crippen molar-refractivity contribution in [3.05, 3.63) is 23.5 Å². The average Bonchev–Trinajstić information content (AvgIpc) is 3.25. The van der Waals surface area contributed by atoms with Crippen LogP contribution in [0.15, 0.2) is 18.0 Å². The highest BCUT2D eigenvalue weighted by molar-refractivity contribution is 5.78. The van der Waals surface area contributed by atoms with Gasteiger partial charge in [-0.15, -0.1) is 0 Å². The van der Waals surface area contributed by atoms with Gasteiger partial charge in [0.2, 0.25) is 11.9 Å². The first-order chi connectivity index (χ1) is 17.7. The predicted octanol–water partition coefficient (Wildman–Crippen LogP) is 5.81. The highest BCUT2D eigenvalue weighted by Gasteiger charge is 2.36. The number of nitrogens with zero attached hydrogens (tertiary/aromatic N) is 4. The third-order valence-electron chi connectivity index (χ3n) is 7.64. The van der Waals surface area contributed by atoms with E-state index in [-0.39, 0.29) is 24.2 Å². The summed E-state index contributed by atoms with van der Waals surface area (Å²) in [7, 11) is 2.30. The lowest BCUT2D eigenvalue weighted by Gasteiger charge is -2.44. The smallest absolute Gasteiger partial charge is 0.369 e. The molecule has 7 nitrogen and oxygen atoms in total. The van der Waals surface area contributed by atoms with Gasteiger partial charge >= 0.3 is 6.18 Å². The first-order valence-electron chi connectivity index (χ1n) is 13.9. The molecular formula is C27H44F3N6O+. The zero-order valence-corrected chi connectivity index (χ0v) is 22.7. The zero-order valence-electron chi connectivity index (χ0n) is 22.7. The van der Waals surface area contributed by atoms with E-state index in [1.165, 1.54) is 32.1 Å². The van der Waals surface area contributed by atoms with Crippen LogP contribution < -0.4 is 10.6 Å². The Kier molecular flexibility index (Phi) is 10.6. The Labute approximate surface area is 219 Å². The monoisotopic (exact) mass is 525 g/mol. The van der Waals surface area contributed by atoms with Crippen LogP contribution in [0.2, 0.25) is 0 Å². The molecule has 0 aromatic carbocycles. The van der Waals surface area contributed by atoms with Gasteiger partial charge in [0.15, 0.2) is 0 Å². The second-order valence-electron chi connectivity index (χ2n) is 10.7. The predicted molar refractivity (Wildman–Crippen MR) is 141 cm³/mol. The minimum absolute atomic E-state index is 0.113. The van der Waals surface area contributed by atoms with E-state index in [1.807, 2.05) is 0 Å².